The molecule has 0 saturated carbocycles. The van der Waals surface area contributed by atoms with Crippen molar-refractivity contribution in [3.05, 3.63) is 50.8 Å². The van der Waals surface area contributed by atoms with Crippen molar-refractivity contribution in [2.45, 2.75) is 73.1 Å². The lowest BCUT2D eigenvalue weighted by Crippen LogP contribution is -2.19. The number of rotatable bonds is 8. The summed E-state index contributed by atoms with van der Waals surface area (Å²) in [4.78, 5) is 13.9. The van der Waals surface area contributed by atoms with Gasteiger partial charge in [-0.1, -0.05) is 51.3 Å². The van der Waals surface area contributed by atoms with Crippen LogP contribution in [-0.4, -0.2) is 12.6 Å². The van der Waals surface area contributed by atoms with E-state index in [9.17, 15) is 4.79 Å². The van der Waals surface area contributed by atoms with E-state index in [0.29, 0.717) is 11.5 Å². The molecule has 0 fully saturated rings. The Bertz CT molecular complexity index is 731. The molecule has 0 N–H and O–H groups in total. The van der Waals surface area contributed by atoms with Crippen LogP contribution in [0.4, 0.5) is 0 Å². The molecule has 0 unspecified atom stereocenters. The normalized spacial score (nSPS) is 17.6. The molecule has 0 amide bonds. The monoisotopic (exact) mass is 386 g/mol. The average molecular weight is 387 g/mol. The van der Waals surface area contributed by atoms with Gasteiger partial charge in [0.05, 0.1) is 6.61 Å². The third kappa shape index (κ3) is 6.49. The highest BCUT2D eigenvalue weighted by Gasteiger charge is 2.26. The van der Waals surface area contributed by atoms with Gasteiger partial charge in [-0.25, -0.2) is 4.79 Å². The van der Waals surface area contributed by atoms with Gasteiger partial charge in [0.1, 0.15) is 4.88 Å². The van der Waals surface area contributed by atoms with E-state index in [0.717, 1.165) is 24.1 Å². The van der Waals surface area contributed by atoms with Crippen LogP contribution in [0.5, 0.6) is 0 Å². The third-order valence-corrected chi connectivity index (χ3v) is 6.25. The second-order valence-electron chi connectivity index (χ2n) is 8.20. The van der Waals surface area contributed by atoms with Gasteiger partial charge in [-0.3, -0.25) is 0 Å². The second-order valence-corrected chi connectivity index (χ2v) is 9.31. The molecule has 27 heavy (non-hydrogen) atoms. The van der Waals surface area contributed by atoms with E-state index < -0.39 is 0 Å². The number of carbonyl (C=O) groups excluding carboxylic acids is 1. The molecule has 1 aromatic rings. The van der Waals surface area contributed by atoms with E-state index in [4.69, 9.17) is 4.74 Å². The Morgan fingerprint density at radius 1 is 1.30 bits per heavy atom. The van der Waals surface area contributed by atoms with E-state index in [2.05, 4.69) is 52.8 Å². The molecule has 1 aliphatic carbocycles. The Balaban J connectivity index is 2.00. The van der Waals surface area contributed by atoms with E-state index in [1.165, 1.54) is 47.3 Å². The second kappa shape index (κ2) is 10.1. The Morgan fingerprint density at radius 2 is 2.07 bits per heavy atom. The lowest BCUT2D eigenvalue weighted by molar-refractivity contribution is 0.0504. The maximum Gasteiger partial charge on any atom is 0.348 e. The SMILES string of the molecule is CCCCCOC(=O)c1ccc(/C=C(C)/C=C/C2=C(C)CCCC2(C)C)s1. The topological polar surface area (TPSA) is 26.3 Å². The Hall–Kier alpha value is -1.61. The summed E-state index contributed by atoms with van der Waals surface area (Å²) in [7, 11) is 0. The summed E-state index contributed by atoms with van der Waals surface area (Å²) >= 11 is 1.50. The number of thiophene rings is 1. The van der Waals surface area contributed by atoms with Gasteiger partial charge in [0, 0.05) is 4.88 Å². The summed E-state index contributed by atoms with van der Waals surface area (Å²) in [6.07, 6.45) is 13.6. The molecule has 2 nitrogen and oxygen atoms in total. The minimum Gasteiger partial charge on any atom is -0.462 e. The minimum atomic E-state index is -0.200. The first kappa shape index (κ1) is 21.7. The van der Waals surface area contributed by atoms with Crippen LogP contribution in [0.1, 0.15) is 87.7 Å². The van der Waals surface area contributed by atoms with Crippen LogP contribution in [0.25, 0.3) is 6.08 Å². The maximum absolute atomic E-state index is 12.1. The molecule has 0 radical (unpaired) electrons. The minimum absolute atomic E-state index is 0.200. The van der Waals surface area contributed by atoms with Crippen LogP contribution in [0, 0.1) is 5.41 Å². The zero-order chi connectivity index (χ0) is 19.9. The lowest BCUT2D eigenvalue weighted by Gasteiger charge is -2.32. The number of hydrogen-bond acceptors (Lipinski definition) is 3. The van der Waals surface area contributed by atoms with E-state index in [1.54, 1.807) is 0 Å². The molecule has 0 saturated heterocycles. The Kier molecular flexibility index (Phi) is 8.09. The zero-order valence-electron chi connectivity index (χ0n) is 17.6. The zero-order valence-corrected chi connectivity index (χ0v) is 18.4. The highest BCUT2D eigenvalue weighted by atomic mass is 32.1. The Labute approximate surface area is 169 Å². The first-order valence-electron chi connectivity index (χ1n) is 10.2. The molecule has 0 aliphatic heterocycles. The van der Waals surface area contributed by atoms with Gasteiger partial charge in [-0.2, -0.15) is 0 Å². The fourth-order valence-corrected chi connectivity index (χ4v) is 4.54. The summed E-state index contributed by atoms with van der Waals surface area (Å²) in [5.41, 5.74) is 4.45. The first-order chi connectivity index (χ1) is 12.8. The molecule has 1 aliphatic rings. The number of carbonyl (C=O) groups is 1. The molecule has 0 atom stereocenters. The van der Waals surface area contributed by atoms with Crippen LogP contribution >= 0.6 is 11.3 Å². The number of ether oxygens (including phenoxy) is 1. The summed E-state index contributed by atoms with van der Waals surface area (Å²) in [6, 6.07) is 3.87. The number of unbranched alkanes of at least 4 members (excludes halogenated alkanes) is 2. The largest absolute Gasteiger partial charge is 0.462 e. The molecule has 2 rings (SSSR count). The molecular weight excluding hydrogens is 352 g/mol. The van der Waals surface area contributed by atoms with Gasteiger partial charge in [-0.05, 0) is 74.3 Å². The summed E-state index contributed by atoms with van der Waals surface area (Å²) in [6.45, 7) is 11.7. The number of allylic oxidation sites excluding steroid dienone is 5. The summed E-state index contributed by atoms with van der Waals surface area (Å²) < 4.78 is 5.34. The molecule has 0 aromatic carbocycles. The van der Waals surface area contributed by atoms with Gasteiger partial charge < -0.3 is 4.74 Å². The fraction of sp³-hybridized carbons (Fsp3) is 0.542. The van der Waals surface area contributed by atoms with Gasteiger partial charge in [0.2, 0.25) is 0 Å². The summed E-state index contributed by atoms with van der Waals surface area (Å²) in [5.74, 6) is -0.200. The van der Waals surface area contributed by atoms with Crippen molar-refractivity contribution in [3.8, 4) is 0 Å². The predicted molar refractivity (Wildman–Crippen MR) is 117 cm³/mol. The highest BCUT2D eigenvalue weighted by molar-refractivity contribution is 7.14. The van der Waals surface area contributed by atoms with Crippen molar-refractivity contribution < 1.29 is 9.53 Å². The van der Waals surface area contributed by atoms with Crippen LogP contribution in [0.3, 0.4) is 0 Å². The van der Waals surface area contributed by atoms with Gasteiger partial charge in [0.25, 0.3) is 0 Å². The number of hydrogen-bond donors (Lipinski definition) is 0. The van der Waals surface area contributed by atoms with Crippen LogP contribution < -0.4 is 0 Å². The average Bonchev–Trinajstić information content (AvgIpc) is 3.06. The van der Waals surface area contributed by atoms with Crippen molar-refractivity contribution >= 4 is 23.4 Å². The summed E-state index contributed by atoms with van der Waals surface area (Å²) in [5, 5.41) is 0. The highest BCUT2D eigenvalue weighted by Crippen LogP contribution is 2.40. The lowest BCUT2D eigenvalue weighted by atomic mass is 9.72. The molecule has 1 heterocycles. The molecule has 1 aromatic heterocycles. The number of esters is 1. The van der Waals surface area contributed by atoms with Crippen molar-refractivity contribution in [2.75, 3.05) is 6.61 Å². The molecule has 148 valence electrons. The van der Waals surface area contributed by atoms with Crippen molar-refractivity contribution in [2.24, 2.45) is 5.41 Å². The van der Waals surface area contributed by atoms with Crippen molar-refractivity contribution in [1.29, 1.82) is 0 Å². The quantitative estimate of drug-likeness (QED) is 0.261. The van der Waals surface area contributed by atoms with Crippen molar-refractivity contribution in [3.63, 3.8) is 0 Å². The smallest absolute Gasteiger partial charge is 0.348 e. The van der Waals surface area contributed by atoms with Gasteiger partial charge >= 0.3 is 5.97 Å². The van der Waals surface area contributed by atoms with Crippen LogP contribution in [0.2, 0.25) is 0 Å². The van der Waals surface area contributed by atoms with E-state index in [1.807, 2.05) is 12.1 Å². The molecule has 3 heteroatoms. The predicted octanol–water partition coefficient (Wildman–Crippen LogP) is 7.58. The van der Waals surface area contributed by atoms with E-state index >= 15 is 0 Å². The molecule has 0 bridgehead atoms. The third-order valence-electron chi connectivity index (χ3n) is 5.23. The fourth-order valence-electron chi connectivity index (χ4n) is 3.63. The standard InChI is InChI=1S/C24H34O2S/c1-6-7-8-16-26-23(25)22-14-12-20(27-22)17-18(2)11-13-21-19(3)10-9-15-24(21,4)5/h11-14,17H,6-10,15-16H2,1-5H3/b13-11+,18-17+. The van der Waals surface area contributed by atoms with Crippen LogP contribution in [-0.2, 0) is 4.74 Å². The van der Waals surface area contributed by atoms with Gasteiger partial charge in [-0.15, -0.1) is 11.3 Å². The van der Waals surface area contributed by atoms with Gasteiger partial charge in [0.15, 0.2) is 0 Å². The molecular formula is C24H34O2S. The maximum atomic E-state index is 12.1. The van der Waals surface area contributed by atoms with Crippen LogP contribution in [0.15, 0.2) is 41.0 Å². The van der Waals surface area contributed by atoms with Crippen molar-refractivity contribution in [1.82, 2.24) is 0 Å². The Morgan fingerprint density at radius 3 is 2.78 bits per heavy atom. The molecule has 0 spiro atoms. The first-order valence-corrected chi connectivity index (χ1v) is 11.0. The van der Waals surface area contributed by atoms with E-state index in [-0.39, 0.29) is 11.4 Å².